The van der Waals surface area contributed by atoms with Gasteiger partial charge in [0.15, 0.2) is 6.20 Å². The summed E-state index contributed by atoms with van der Waals surface area (Å²) in [6, 6.07) is 5.08. The molecular weight excluding hydrogens is 385 g/mol. The van der Waals surface area contributed by atoms with Crippen LogP contribution in [0.2, 0.25) is 0 Å². The zero-order valence-corrected chi connectivity index (χ0v) is 16.4. The highest BCUT2D eigenvalue weighted by atomic mass is 19.4. The third-order valence-corrected chi connectivity index (χ3v) is 4.53. The van der Waals surface area contributed by atoms with Crippen molar-refractivity contribution in [3.05, 3.63) is 52.8 Å². The average molecular weight is 407 g/mol. The van der Waals surface area contributed by atoms with Gasteiger partial charge in [0, 0.05) is 6.54 Å². The Morgan fingerprint density at radius 1 is 1.31 bits per heavy atom. The molecule has 0 amide bonds. The molecule has 2 N–H and O–H groups in total. The van der Waals surface area contributed by atoms with Crippen LogP contribution in [0.4, 0.5) is 18.9 Å². The number of halogens is 3. The Balaban J connectivity index is 2.03. The van der Waals surface area contributed by atoms with E-state index in [1.54, 1.807) is 13.0 Å². The van der Waals surface area contributed by atoms with Gasteiger partial charge in [-0.1, -0.05) is 12.1 Å². The third-order valence-electron chi connectivity index (χ3n) is 4.53. The maximum Gasteiger partial charge on any atom is 0.416 e. The van der Waals surface area contributed by atoms with Crippen molar-refractivity contribution in [1.29, 1.82) is 0 Å². The zero-order valence-electron chi connectivity index (χ0n) is 16.4. The number of anilines is 1. The predicted octanol–water partition coefficient (Wildman–Crippen LogP) is 3.99. The second-order valence-corrected chi connectivity index (χ2v) is 6.50. The predicted molar refractivity (Wildman–Crippen MR) is 101 cm³/mol. The highest BCUT2D eigenvalue weighted by Crippen LogP contribution is 2.31. The molecule has 0 aliphatic heterocycles. The molecule has 0 atom stereocenters. The van der Waals surface area contributed by atoms with Gasteiger partial charge in [-0.2, -0.15) is 17.9 Å². The fraction of sp³-hybridized carbons (Fsp3) is 0.350. The number of carbonyl (C=O) groups excluding carboxylic acids is 1. The number of fused-ring (bicyclic) bond motifs is 1. The van der Waals surface area contributed by atoms with Crippen molar-refractivity contribution in [2.24, 2.45) is 0 Å². The van der Waals surface area contributed by atoms with Crippen LogP contribution in [0.15, 0.2) is 30.5 Å². The topological polar surface area (TPSA) is 70.9 Å². The molecular formula is C20H22F3N4O2+. The van der Waals surface area contributed by atoms with Crippen LogP contribution < -0.4 is 10.00 Å². The molecule has 2 heterocycles. The summed E-state index contributed by atoms with van der Waals surface area (Å²) < 4.78 is 45.9. The first-order valence-corrected chi connectivity index (χ1v) is 9.24. The Bertz CT molecular complexity index is 1040. The molecule has 9 heteroatoms. The summed E-state index contributed by atoms with van der Waals surface area (Å²) in [5.41, 5.74) is 1.86. The van der Waals surface area contributed by atoms with E-state index in [0.29, 0.717) is 28.8 Å². The Hall–Kier alpha value is -3.10. The minimum Gasteiger partial charge on any atom is -0.462 e. The summed E-state index contributed by atoms with van der Waals surface area (Å²) in [4.78, 5) is 16.8. The van der Waals surface area contributed by atoms with Gasteiger partial charge in [0.05, 0.1) is 23.6 Å². The molecule has 0 fully saturated rings. The second kappa shape index (κ2) is 8.10. The highest BCUT2D eigenvalue weighted by Gasteiger charge is 2.30. The number of aromatic nitrogens is 3. The van der Waals surface area contributed by atoms with E-state index in [1.807, 2.05) is 18.5 Å². The minimum absolute atomic E-state index is 0.103. The molecule has 154 valence electrons. The maximum absolute atomic E-state index is 13.0. The quantitative estimate of drug-likeness (QED) is 0.479. The van der Waals surface area contributed by atoms with E-state index in [2.05, 4.69) is 15.4 Å². The molecule has 3 rings (SSSR count). The molecule has 0 spiro atoms. The number of hydrogen-bond acceptors (Lipinski definition) is 4. The van der Waals surface area contributed by atoms with Gasteiger partial charge in [0.2, 0.25) is 0 Å². The molecule has 6 nitrogen and oxygen atoms in total. The van der Waals surface area contributed by atoms with Gasteiger partial charge in [0.25, 0.3) is 0 Å². The summed E-state index contributed by atoms with van der Waals surface area (Å²) in [6.07, 6.45) is -2.99. The molecule has 1 aromatic carbocycles. The lowest BCUT2D eigenvalue weighted by Crippen LogP contribution is -2.35. The Morgan fingerprint density at radius 2 is 2.07 bits per heavy atom. The number of H-pyrrole nitrogens is 1. The lowest BCUT2D eigenvalue weighted by atomic mass is 10.1. The number of aryl methyl sites for hydroxylation is 2. The zero-order chi connectivity index (χ0) is 21.2. The summed E-state index contributed by atoms with van der Waals surface area (Å²) >= 11 is 0. The van der Waals surface area contributed by atoms with Gasteiger partial charge in [-0.15, -0.1) is 0 Å². The largest absolute Gasteiger partial charge is 0.462 e. The standard InChI is InChI=1S/C20H21F3N4O2/c1-4-27-18-16(12(3)26-27)17(15(11-25-18)19(28)29-5-2)24-10-13-7-6-8-14(9-13)20(21,22)23/h6-9,11H,4-5,10H2,1-3H3,(H,24,25,26,28)/p+1. The first kappa shape index (κ1) is 20.6. The van der Waals surface area contributed by atoms with Crippen LogP contribution >= 0.6 is 0 Å². The third kappa shape index (κ3) is 4.18. The van der Waals surface area contributed by atoms with E-state index in [0.717, 1.165) is 17.8 Å². The molecule has 0 aliphatic carbocycles. The van der Waals surface area contributed by atoms with E-state index in [9.17, 15) is 18.0 Å². The number of rotatable bonds is 6. The number of pyridine rings is 1. The first-order chi connectivity index (χ1) is 13.8. The fourth-order valence-electron chi connectivity index (χ4n) is 3.20. The number of aromatic amines is 1. The molecule has 0 radical (unpaired) electrons. The van der Waals surface area contributed by atoms with Crippen LogP contribution in [-0.2, 0) is 24.0 Å². The summed E-state index contributed by atoms with van der Waals surface area (Å²) in [7, 11) is 0. The molecule has 0 saturated heterocycles. The lowest BCUT2D eigenvalue weighted by molar-refractivity contribution is -0.725. The number of nitrogens with one attached hydrogen (secondary N) is 2. The normalized spacial score (nSPS) is 11.7. The van der Waals surface area contributed by atoms with Crippen molar-refractivity contribution in [3.63, 3.8) is 0 Å². The first-order valence-electron chi connectivity index (χ1n) is 9.24. The maximum atomic E-state index is 13.0. The van der Waals surface area contributed by atoms with Crippen LogP contribution in [0, 0.1) is 6.92 Å². The number of benzene rings is 1. The van der Waals surface area contributed by atoms with Crippen molar-refractivity contribution in [2.75, 3.05) is 11.9 Å². The summed E-state index contributed by atoms with van der Waals surface area (Å²) in [5.74, 6) is -0.544. The molecule has 29 heavy (non-hydrogen) atoms. The van der Waals surface area contributed by atoms with E-state index < -0.39 is 17.7 Å². The van der Waals surface area contributed by atoms with Crippen molar-refractivity contribution in [2.45, 2.75) is 40.0 Å². The molecule has 0 bridgehead atoms. The monoisotopic (exact) mass is 407 g/mol. The fourth-order valence-corrected chi connectivity index (χ4v) is 3.20. The van der Waals surface area contributed by atoms with Crippen molar-refractivity contribution >= 4 is 22.7 Å². The number of nitrogens with zero attached hydrogens (tertiary/aromatic N) is 2. The van der Waals surface area contributed by atoms with Crippen LogP contribution in [-0.4, -0.2) is 22.7 Å². The molecule has 0 saturated carbocycles. The Labute approximate surface area is 165 Å². The van der Waals surface area contributed by atoms with Gasteiger partial charge < -0.3 is 10.1 Å². The minimum atomic E-state index is -4.42. The summed E-state index contributed by atoms with van der Waals surface area (Å²) in [5, 5.41) is 7.01. The SMILES string of the molecule is CCOC(=O)c1cnc2c(c(C)[nH][n+]2CC)c1NCc1cccc(C(F)(F)F)c1. The summed E-state index contributed by atoms with van der Waals surface area (Å²) in [6.45, 7) is 6.44. The Morgan fingerprint density at radius 3 is 2.72 bits per heavy atom. The highest BCUT2D eigenvalue weighted by molar-refractivity contribution is 6.04. The van der Waals surface area contributed by atoms with Crippen LogP contribution in [0.5, 0.6) is 0 Å². The number of esters is 1. The lowest BCUT2D eigenvalue weighted by Gasteiger charge is -2.12. The average Bonchev–Trinajstić information content (AvgIpc) is 3.02. The van der Waals surface area contributed by atoms with Gasteiger partial charge in [-0.05, 0) is 43.5 Å². The van der Waals surface area contributed by atoms with Gasteiger partial charge in [-0.25, -0.2) is 9.89 Å². The molecule has 0 unspecified atom stereocenters. The van der Waals surface area contributed by atoms with Crippen LogP contribution in [0.25, 0.3) is 11.0 Å². The second-order valence-electron chi connectivity index (χ2n) is 6.50. The van der Waals surface area contributed by atoms with Crippen molar-refractivity contribution in [1.82, 2.24) is 10.1 Å². The van der Waals surface area contributed by atoms with Crippen molar-refractivity contribution < 1.29 is 27.4 Å². The number of ether oxygens (including phenoxy) is 1. The smallest absolute Gasteiger partial charge is 0.416 e. The van der Waals surface area contributed by atoms with Crippen molar-refractivity contribution in [3.8, 4) is 0 Å². The molecule has 2 aromatic heterocycles. The van der Waals surface area contributed by atoms with E-state index >= 15 is 0 Å². The van der Waals surface area contributed by atoms with Gasteiger partial charge in [0.1, 0.15) is 17.5 Å². The van der Waals surface area contributed by atoms with E-state index in [1.165, 1.54) is 12.3 Å². The van der Waals surface area contributed by atoms with E-state index in [4.69, 9.17) is 4.74 Å². The van der Waals surface area contributed by atoms with Crippen LogP contribution in [0.1, 0.15) is 41.0 Å². The number of hydrogen-bond donors (Lipinski definition) is 2. The Kier molecular flexibility index (Phi) is 5.76. The molecule has 0 aliphatic rings. The van der Waals surface area contributed by atoms with Gasteiger partial charge >= 0.3 is 17.8 Å². The molecule has 3 aromatic rings. The number of carbonyl (C=O) groups is 1. The van der Waals surface area contributed by atoms with Crippen LogP contribution in [0.3, 0.4) is 0 Å². The van der Waals surface area contributed by atoms with Gasteiger partial charge in [-0.3, -0.25) is 0 Å². The number of alkyl halides is 3. The van der Waals surface area contributed by atoms with E-state index in [-0.39, 0.29) is 18.7 Å².